The third-order valence-electron chi connectivity index (χ3n) is 3.18. The average molecular weight is 251 g/mol. The number of hydrogen-bond acceptors (Lipinski definition) is 5. The van der Waals surface area contributed by atoms with Crippen LogP contribution in [0.2, 0.25) is 0 Å². The quantitative estimate of drug-likeness (QED) is 0.727. The van der Waals surface area contributed by atoms with Crippen LogP contribution in [0, 0.1) is 0 Å². The first-order valence-corrected chi connectivity index (χ1v) is 6.51. The molecule has 0 aromatic carbocycles. The zero-order valence-corrected chi connectivity index (χ0v) is 10.1. The Bertz CT molecular complexity index is 497. The van der Waals surface area contributed by atoms with E-state index in [0.29, 0.717) is 5.13 Å². The fourth-order valence-electron chi connectivity index (χ4n) is 2.26. The van der Waals surface area contributed by atoms with Crippen LogP contribution in [0.4, 0.5) is 5.13 Å². The molecular weight excluding hydrogens is 238 g/mol. The molecule has 1 aliphatic carbocycles. The van der Waals surface area contributed by atoms with Crippen LogP contribution in [-0.4, -0.2) is 29.3 Å². The molecule has 6 heteroatoms. The topological polar surface area (TPSA) is 76.3 Å². The van der Waals surface area contributed by atoms with Crippen LogP contribution in [0.3, 0.4) is 0 Å². The molecule has 1 fully saturated rings. The summed E-state index contributed by atoms with van der Waals surface area (Å²) in [5.74, 6) is -0.162. The smallest absolute Gasteiger partial charge is 0.236 e. The molecule has 3 rings (SSSR count). The predicted octanol–water partition coefficient (Wildman–Crippen LogP) is 0.265. The maximum atomic E-state index is 11.6. The SMILES string of the molecule is N[C@H]1CCc2nc(N3CC(=O)CC3=O)sc2C1. The predicted molar refractivity (Wildman–Crippen MR) is 64.1 cm³/mol. The van der Waals surface area contributed by atoms with Crippen LogP contribution in [-0.2, 0) is 22.4 Å². The lowest BCUT2D eigenvalue weighted by Crippen LogP contribution is -2.27. The van der Waals surface area contributed by atoms with Gasteiger partial charge in [0, 0.05) is 10.9 Å². The number of carbonyl (C=O) groups excluding carboxylic acids is 2. The molecule has 90 valence electrons. The highest BCUT2D eigenvalue weighted by molar-refractivity contribution is 7.16. The van der Waals surface area contributed by atoms with Gasteiger partial charge in [-0.15, -0.1) is 11.3 Å². The fraction of sp³-hybridized carbons (Fsp3) is 0.545. The highest BCUT2D eigenvalue weighted by Crippen LogP contribution is 2.32. The van der Waals surface area contributed by atoms with Gasteiger partial charge in [0.2, 0.25) is 5.91 Å². The number of carbonyl (C=O) groups is 2. The number of anilines is 1. The van der Waals surface area contributed by atoms with Gasteiger partial charge in [0.25, 0.3) is 0 Å². The lowest BCUT2D eigenvalue weighted by atomic mass is 9.99. The van der Waals surface area contributed by atoms with Crippen LogP contribution >= 0.6 is 11.3 Å². The summed E-state index contributed by atoms with van der Waals surface area (Å²) in [4.78, 5) is 30.0. The Balaban J connectivity index is 1.90. The van der Waals surface area contributed by atoms with Crippen molar-refractivity contribution >= 4 is 28.2 Å². The van der Waals surface area contributed by atoms with Gasteiger partial charge < -0.3 is 5.73 Å². The molecule has 2 N–H and O–H groups in total. The van der Waals surface area contributed by atoms with Crippen molar-refractivity contribution in [2.24, 2.45) is 5.73 Å². The van der Waals surface area contributed by atoms with Crippen molar-refractivity contribution in [3.8, 4) is 0 Å². The summed E-state index contributed by atoms with van der Waals surface area (Å²) in [5, 5.41) is 0.667. The number of amides is 1. The summed E-state index contributed by atoms with van der Waals surface area (Å²) in [5.41, 5.74) is 6.96. The number of ketones is 1. The molecule has 0 saturated carbocycles. The van der Waals surface area contributed by atoms with Crippen LogP contribution < -0.4 is 10.6 Å². The van der Waals surface area contributed by atoms with Gasteiger partial charge in [-0.2, -0.15) is 0 Å². The normalized spacial score (nSPS) is 24.3. The lowest BCUT2D eigenvalue weighted by Gasteiger charge is -2.15. The number of hydrogen-bond donors (Lipinski definition) is 1. The number of aryl methyl sites for hydroxylation is 1. The molecule has 1 aliphatic heterocycles. The van der Waals surface area contributed by atoms with E-state index >= 15 is 0 Å². The van der Waals surface area contributed by atoms with E-state index in [2.05, 4.69) is 4.98 Å². The van der Waals surface area contributed by atoms with Crippen molar-refractivity contribution < 1.29 is 9.59 Å². The molecule has 1 saturated heterocycles. The zero-order valence-electron chi connectivity index (χ0n) is 9.31. The Hall–Kier alpha value is -1.27. The summed E-state index contributed by atoms with van der Waals surface area (Å²) in [7, 11) is 0. The van der Waals surface area contributed by atoms with Crippen LogP contribution in [0.5, 0.6) is 0 Å². The molecule has 1 atom stereocenters. The Kier molecular flexibility index (Phi) is 2.48. The van der Waals surface area contributed by atoms with Gasteiger partial charge >= 0.3 is 0 Å². The Labute approximate surface area is 103 Å². The summed E-state index contributed by atoms with van der Waals surface area (Å²) in [6, 6.07) is 0.201. The molecule has 1 aromatic heterocycles. The highest BCUT2D eigenvalue weighted by atomic mass is 32.1. The van der Waals surface area contributed by atoms with Gasteiger partial charge in [0.15, 0.2) is 10.9 Å². The summed E-state index contributed by atoms with van der Waals surface area (Å²) < 4.78 is 0. The van der Waals surface area contributed by atoms with E-state index in [4.69, 9.17) is 5.73 Å². The van der Waals surface area contributed by atoms with Crippen LogP contribution in [0.1, 0.15) is 23.4 Å². The highest BCUT2D eigenvalue weighted by Gasteiger charge is 2.32. The standard InChI is InChI=1S/C11H13N3O2S/c12-6-1-2-8-9(3-6)17-11(13-8)14-5-7(15)4-10(14)16/h6H,1-5,12H2/t6-/m0/s1. The van der Waals surface area contributed by atoms with Crippen LogP contribution in [0.25, 0.3) is 0 Å². The van der Waals surface area contributed by atoms with Crippen molar-refractivity contribution in [3.05, 3.63) is 10.6 Å². The molecule has 1 aromatic rings. The van der Waals surface area contributed by atoms with Gasteiger partial charge in [-0.1, -0.05) is 0 Å². The average Bonchev–Trinajstić information content (AvgIpc) is 2.80. The molecular formula is C11H13N3O2S. The molecule has 0 radical (unpaired) electrons. The minimum absolute atomic E-state index is 0.0176. The van der Waals surface area contributed by atoms with Crippen molar-refractivity contribution in [2.75, 3.05) is 11.4 Å². The molecule has 0 unspecified atom stereocenters. The Morgan fingerprint density at radius 3 is 2.94 bits per heavy atom. The van der Waals surface area contributed by atoms with E-state index < -0.39 is 0 Å². The maximum Gasteiger partial charge on any atom is 0.236 e. The van der Waals surface area contributed by atoms with Gasteiger partial charge in [-0.25, -0.2) is 4.98 Å². The Morgan fingerprint density at radius 2 is 2.24 bits per heavy atom. The maximum absolute atomic E-state index is 11.6. The molecule has 2 aliphatic rings. The van der Waals surface area contributed by atoms with E-state index in [-0.39, 0.29) is 30.7 Å². The van der Waals surface area contributed by atoms with E-state index in [0.717, 1.165) is 25.0 Å². The number of rotatable bonds is 1. The van der Waals surface area contributed by atoms with E-state index in [1.165, 1.54) is 21.1 Å². The molecule has 2 heterocycles. The minimum Gasteiger partial charge on any atom is -0.327 e. The molecule has 0 spiro atoms. The van der Waals surface area contributed by atoms with Crippen molar-refractivity contribution in [3.63, 3.8) is 0 Å². The minimum atomic E-state index is -0.134. The number of Topliss-reactive ketones (excluding diaryl/α,β-unsaturated/α-hetero) is 1. The fourth-order valence-corrected chi connectivity index (χ4v) is 3.48. The van der Waals surface area contributed by atoms with Crippen LogP contribution in [0.15, 0.2) is 0 Å². The molecule has 17 heavy (non-hydrogen) atoms. The van der Waals surface area contributed by atoms with Crippen molar-refractivity contribution in [1.29, 1.82) is 0 Å². The lowest BCUT2D eigenvalue weighted by molar-refractivity contribution is -0.121. The summed E-state index contributed by atoms with van der Waals surface area (Å²) >= 11 is 1.50. The monoisotopic (exact) mass is 251 g/mol. The van der Waals surface area contributed by atoms with Crippen molar-refractivity contribution in [1.82, 2.24) is 4.98 Å². The number of nitrogens with two attached hydrogens (primary N) is 1. The third kappa shape index (κ3) is 1.87. The van der Waals surface area contributed by atoms with Gasteiger partial charge in [-0.3, -0.25) is 14.5 Å². The molecule has 0 bridgehead atoms. The molecule has 1 amide bonds. The first-order valence-electron chi connectivity index (χ1n) is 5.69. The second-order valence-electron chi connectivity index (χ2n) is 4.56. The second kappa shape index (κ2) is 3.89. The zero-order chi connectivity index (χ0) is 12.0. The van der Waals surface area contributed by atoms with Gasteiger partial charge in [0.1, 0.15) is 0 Å². The summed E-state index contributed by atoms with van der Waals surface area (Å²) in [6.45, 7) is 0.178. The largest absolute Gasteiger partial charge is 0.327 e. The first-order chi connectivity index (χ1) is 8.13. The summed E-state index contributed by atoms with van der Waals surface area (Å²) in [6.07, 6.45) is 2.68. The Morgan fingerprint density at radius 1 is 1.41 bits per heavy atom. The van der Waals surface area contributed by atoms with Crippen molar-refractivity contribution in [2.45, 2.75) is 31.7 Å². The van der Waals surface area contributed by atoms with E-state index in [1.807, 2.05) is 0 Å². The third-order valence-corrected chi connectivity index (χ3v) is 4.32. The van der Waals surface area contributed by atoms with E-state index in [9.17, 15) is 9.59 Å². The first kappa shape index (κ1) is 10.9. The number of aromatic nitrogens is 1. The number of thiazole rings is 1. The molecule has 5 nitrogen and oxygen atoms in total. The van der Waals surface area contributed by atoms with Gasteiger partial charge in [0.05, 0.1) is 18.7 Å². The number of nitrogens with zero attached hydrogens (tertiary/aromatic N) is 2. The van der Waals surface area contributed by atoms with E-state index in [1.54, 1.807) is 0 Å². The van der Waals surface area contributed by atoms with Gasteiger partial charge in [-0.05, 0) is 19.3 Å². The second-order valence-corrected chi connectivity index (χ2v) is 5.63. The number of fused-ring (bicyclic) bond motifs is 1.